The van der Waals surface area contributed by atoms with Crippen LogP contribution in [0.1, 0.15) is 40.5 Å². The Morgan fingerprint density at radius 2 is 1.55 bits per heavy atom. The molecule has 0 spiro atoms. The molecule has 0 saturated heterocycles. The third kappa shape index (κ3) is 3.97. The van der Waals surface area contributed by atoms with Crippen molar-refractivity contribution in [1.29, 1.82) is 0 Å². The first-order valence-electron chi connectivity index (χ1n) is 7.69. The summed E-state index contributed by atoms with van der Waals surface area (Å²) in [6, 6.07) is 0. The quantitative estimate of drug-likeness (QED) is 0.643. The molecule has 0 saturated carbocycles. The van der Waals surface area contributed by atoms with Crippen LogP contribution in [0.3, 0.4) is 0 Å². The van der Waals surface area contributed by atoms with Crippen molar-refractivity contribution in [3.63, 3.8) is 0 Å². The lowest BCUT2D eigenvalue weighted by Crippen LogP contribution is -2.47. The molecular weight excluding hydrogens is 307 g/mol. The largest absolute Gasteiger partial charge is 0.368 e. The maximum Gasteiger partial charge on any atom is 0.368 e. The Balaban J connectivity index is 3.61. The molecule has 0 aliphatic carbocycles. The lowest BCUT2D eigenvalue weighted by molar-refractivity contribution is 0.229. The zero-order valence-electron chi connectivity index (χ0n) is 13.7. The van der Waals surface area contributed by atoms with Gasteiger partial charge in [-0.05, 0) is 26.7 Å². The van der Waals surface area contributed by atoms with E-state index < -0.39 is 18.8 Å². The van der Waals surface area contributed by atoms with Crippen LogP contribution in [0.4, 0.5) is 0 Å². The van der Waals surface area contributed by atoms with Crippen molar-refractivity contribution in [3.05, 3.63) is 27.0 Å². The van der Waals surface area contributed by atoms with Crippen LogP contribution in [-0.2, 0) is 26.7 Å². The molecule has 0 aromatic carbocycles. The Bertz CT molecular complexity index is 640. The van der Waals surface area contributed by atoms with E-state index in [1.54, 1.807) is 13.8 Å². The smallest absolute Gasteiger partial charge is 0.305 e. The predicted molar refractivity (Wildman–Crippen MR) is 86.0 cm³/mol. The number of rotatable bonds is 9. The van der Waals surface area contributed by atoms with Crippen molar-refractivity contribution in [3.8, 4) is 0 Å². The van der Waals surface area contributed by atoms with Crippen LogP contribution in [0.2, 0.25) is 0 Å². The van der Waals surface area contributed by atoms with Gasteiger partial charge in [-0.1, -0.05) is 13.8 Å². The first-order valence-corrected chi connectivity index (χ1v) is 9.23. The van der Waals surface area contributed by atoms with Crippen LogP contribution in [-0.4, -0.2) is 22.3 Å². The third-order valence-electron chi connectivity index (χ3n) is 3.02. The van der Waals surface area contributed by atoms with E-state index in [2.05, 4.69) is 0 Å². The van der Waals surface area contributed by atoms with Gasteiger partial charge in [-0.25, -0.2) is 4.79 Å². The first kappa shape index (κ1) is 18.9. The van der Waals surface area contributed by atoms with Crippen LogP contribution in [0.15, 0.2) is 15.8 Å². The fourth-order valence-electron chi connectivity index (χ4n) is 2.16. The minimum Gasteiger partial charge on any atom is -0.305 e. The summed E-state index contributed by atoms with van der Waals surface area (Å²) in [5.41, 5.74) is -0.985. The van der Waals surface area contributed by atoms with Crippen molar-refractivity contribution in [1.82, 2.24) is 9.13 Å². The number of hydrogen-bond acceptors (Lipinski definition) is 5. The number of nitrogens with zero attached hydrogens (tertiary/aromatic N) is 2. The van der Waals surface area contributed by atoms with E-state index in [0.29, 0.717) is 13.0 Å². The van der Waals surface area contributed by atoms with Gasteiger partial charge >= 0.3 is 13.3 Å². The second-order valence-corrected chi connectivity index (χ2v) is 6.77. The van der Waals surface area contributed by atoms with Gasteiger partial charge in [0.25, 0.3) is 5.56 Å². The molecule has 0 bridgehead atoms. The minimum atomic E-state index is -3.72. The van der Waals surface area contributed by atoms with Gasteiger partial charge in [-0.2, -0.15) is 0 Å². The fourth-order valence-corrected chi connectivity index (χ4v) is 3.83. The predicted octanol–water partition coefficient (Wildman–Crippen LogP) is 1.72. The second kappa shape index (κ2) is 8.46. The summed E-state index contributed by atoms with van der Waals surface area (Å²) in [5.74, 6) is 0. The van der Waals surface area contributed by atoms with Crippen LogP contribution in [0, 0.1) is 0 Å². The molecule has 1 aromatic rings. The average Bonchev–Trinajstić information content (AvgIpc) is 2.47. The molecule has 126 valence electrons. The highest BCUT2D eigenvalue weighted by molar-refractivity contribution is 7.62. The van der Waals surface area contributed by atoms with Gasteiger partial charge in [-0.15, -0.1) is 0 Å². The molecule has 7 nitrogen and oxygen atoms in total. The van der Waals surface area contributed by atoms with Crippen molar-refractivity contribution >= 4 is 12.9 Å². The van der Waals surface area contributed by atoms with E-state index in [1.165, 1.54) is 10.8 Å². The molecule has 0 fully saturated rings. The van der Waals surface area contributed by atoms with Crippen molar-refractivity contribution in [2.75, 3.05) is 13.2 Å². The van der Waals surface area contributed by atoms with E-state index in [4.69, 9.17) is 9.05 Å². The average molecular weight is 332 g/mol. The Morgan fingerprint density at radius 3 is 2.00 bits per heavy atom. The summed E-state index contributed by atoms with van der Waals surface area (Å²) in [4.78, 5) is 24.9. The van der Waals surface area contributed by atoms with Crippen molar-refractivity contribution < 1.29 is 13.6 Å². The lowest BCUT2D eigenvalue weighted by Gasteiger charge is -2.19. The zero-order valence-corrected chi connectivity index (χ0v) is 14.6. The molecule has 1 rings (SSSR count). The van der Waals surface area contributed by atoms with Gasteiger partial charge in [0.1, 0.15) is 5.30 Å². The molecule has 0 radical (unpaired) electrons. The molecule has 0 atom stereocenters. The number of aromatic nitrogens is 2. The van der Waals surface area contributed by atoms with Gasteiger partial charge in [0.05, 0.1) is 13.2 Å². The molecule has 8 heteroatoms. The zero-order chi connectivity index (χ0) is 16.8. The van der Waals surface area contributed by atoms with Crippen LogP contribution >= 0.6 is 7.60 Å². The van der Waals surface area contributed by atoms with Gasteiger partial charge in [0.2, 0.25) is 0 Å². The number of hydrogen-bond donors (Lipinski definition) is 0. The Morgan fingerprint density at radius 1 is 1.00 bits per heavy atom. The molecule has 0 aliphatic rings. The van der Waals surface area contributed by atoms with Crippen molar-refractivity contribution in [2.45, 2.75) is 53.6 Å². The first-order chi connectivity index (χ1) is 10.4. The fraction of sp³-hybridized carbons (Fsp3) is 0.714. The van der Waals surface area contributed by atoms with E-state index in [1.807, 2.05) is 13.8 Å². The van der Waals surface area contributed by atoms with Crippen LogP contribution in [0.25, 0.3) is 0 Å². The second-order valence-electron chi connectivity index (χ2n) is 4.78. The SMILES string of the molecule is CCCn1cc(P(=O)(OCC)OCC)c(=O)n(CCC)c1=O. The van der Waals surface area contributed by atoms with Gasteiger partial charge in [-0.3, -0.25) is 18.5 Å². The molecule has 0 unspecified atom stereocenters. The molecule has 0 amide bonds. The Labute approximate surface area is 130 Å². The topological polar surface area (TPSA) is 79.5 Å². The molecule has 1 aromatic heterocycles. The van der Waals surface area contributed by atoms with E-state index in [0.717, 1.165) is 11.0 Å². The van der Waals surface area contributed by atoms with E-state index in [9.17, 15) is 14.2 Å². The molecule has 1 heterocycles. The summed E-state index contributed by atoms with van der Waals surface area (Å²) >= 11 is 0. The monoisotopic (exact) mass is 332 g/mol. The molecule has 0 aliphatic heterocycles. The highest BCUT2D eigenvalue weighted by atomic mass is 31.2. The minimum absolute atomic E-state index is 0.0716. The third-order valence-corrected chi connectivity index (χ3v) is 5.12. The van der Waals surface area contributed by atoms with Gasteiger partial charge < -0.3 is 9.05 Å². The summed E-state index contributed by atoms with van der Waals surface area (Å²) in [6.45, 7) is 8.16. The van der Waals surface area contributed by atoms with Gasteiger partial charge in [0.15, 0.2) is 0 Å². The normalized spacial score (nSPS) is 11.8. The highest BCUT2D eigenvalue weighted by Gasteiger charge is 2.32. The highest BCUT2D eigenvalue weighted by Crippen LogP contribution is 2.45. The summed E-state index contributed by atoms with van der Waals surface area (Å²) < 4.78 is 25.9. The maximum atomic E-state index is 12.9. The summed E-state index contributed by atoms with van der Waals surface area (Å²) in [7, 11) is -3.72. The van der Waals surface area contributed by atoms with E-state index in [-0.39, 0.29) is 25.1 Å². The molecule has 0 N–H and O–H groups in total. The van der Waals surface area contributed by atoms with E-state index >= 15 is 0 Å². The van der Waals surface area contributed by atoms with Crippen LogP contribution < -0.4 is 16.6 Å². The van der Waals surface area contributed by atoms with Gasteiger partial charge in [0, 0.05) is 19.3 Å². The number of aryl methyl sites for hydroxylation is 1. The maximum absolute atomic E-state index is 12.9. The Kier molecular flexibility index (Phi) is 7.26. The Hall–Kier alpha value is -1.17. The standard InChI is InChI=1S/C14H25N2O5P/c1-5-9-15-11-12(22(19,20-7-3)21-8-4)13(17)16(10-6-2)14(15)18/h11H,5-10H2,1-4H3. The summed E-state index contributed by atoms with van der Waals surface area (Å²) in [6.07, 6.45) is 2.67. The lowest BCUT2D eigenvalue weighted by atomic mass is 10.4. The molecular formula is C14H25N2O5P. The van der Waals surface area contributed by atoms with Crippen LogP contribution in [0.5, 0.6) is 0 Å². The van der Waals surface area contributed by atoms with Crippen molar-refractivity contribution in [2.24, 2.45) is 0 Å². The molecule has 22 heavy (non-hydrogen) atoms. The summed E-state index contributed by atoms with van der Waals surface area (Å²) in [5, 5.41) is -0.0716.